The SMILES string of the molecule is Fc1cc2ccc1-c1ccc(s1)-c1ccc(c3nsnc13)-c1ccc(s1)-c1ccc(cc1F)CC2. The quantitative estimate of drug-likeness (QED) is 0.202. The van der Waals surface area contributed by atoms with Crippen LogP contribution in [0.3, 0.4) is 0 Å². The zero-order valence-corrected chi connectivity index (χ0v) is 20.7. The highest BCUT2D eigenvalue weighted by molar-refractivity contribution is 7.19. The number of rotatable bonds is 0. The molecule has 0 aliphatic carbocycles. The Hall–Kier alpha value is -3.26. The van der Waals surface area contributed by atoms with Crippen LogP contribution in [0, 0.1) is 11.6 Å². The fraction of sp³-hybridized carbons (Fsp3) is 0.0714. The van der Waals surface area contributed by atoms with Gasteiger partial charge < -0.3 is 0 Å². The Morgan fingerprint density at radius 3 is 1.34 bits per heavy atom. The van der Waals surface area contributed by atoms with E-state index in [2.05, 4.69) is 20.9 Å². The van der Waals surface area contributed by atoms with E-state index in [0.717, 1.165) is 52.8 Å². The van der Waals surface area contributed by atoms with Gasteiger partial charge in [-0.3, -0.25) is 0 Å². The monoisotopic (exact) mass is 514 g/mol. The molecule has 3 aromatic heterocycles. The van der Waals surface area contributed by atoms with Crippen molar-refractivity contribution >= 4 is 45.4 Å². The lowest BCUT2D eigenvalue weighted by molar-refractivity contribution is 0.626. The lowest BCUT2D eigenvalue weighted by atomic mass is 10.0. The number of halogens is 2. The molecule has 0 fully saturated rings. The maximum Gasteiger partial charge on any atom is 0.132 e. The van der Waals surface area contributed by atoms with E-state index in [0.29, 0.717) is 24.0 Å². The van der Waals surface area contributed by atoms with Crippen LogP contribution in [0.5, 0.6) is 0 Å². The van der Waals surface area contributed by atoms with Crippen molar-refractivity contribution in [2.75, 3.05) is 0 Å². The summed E-state index contributed by atoms with van der Waals surface area (Å²) in [5.41, 5.74) is 6.60. The highest BCUT2D eigenvalue weighted by atomic mass is 32.1. The van der Waals surface area contributed by atoms with E-state index < -0.39 is 0 Å². The van der Waals surface area contributed by atoms with Gasteiger partial charge in [-0.1, -0.05) is 36.4 Å². The van der Waals surface area contributed by atoms with Gasteiger partial charge >= 0.3 is 0 Å². The van der Waals surface area contributed by atoms with Gasteiger partial charge in [-0.05, 0) is 60.4 Å². The first-order valence-electron chi connectivity index (χ1n) is 11.2. The topological polar surface area (TPSA) is 25.8 Å². The fourth-order valence-corrected chi connectivity index (χ4v) is 7.33. The van der Waals surface area contributed by atoms with Crippen LogP contribution in [-0.2, 0) is 12.8 Å². The van der Waals surface area contributed by atoms with Gasteiger partial charge in [0.05, 0.1) is 11.7 Å². The van der Waals surface area contributed by atoms with Crippen molar-refractivity contribution in [2.24, 2.45) is 0 Å². The zero-order chi connectivity index (χ0) is 23.5. The van der Waals surface area contributed by atoms with Gasteiger partial charge in [-0.15, -0.1) is 22.7 Å². The number of aryl methyl sites for hydroxylation is 2. The predicted octanol–water partition coefficient (Wildman–Crippen LogP) is 8.86. The normalized spacial score (nSPS) is 12.6. The summed E-state index contributed by atoms with van der Waals surface area (Å²) in [6.45, 7) is 0. The second kappa shape index (κ2) is 8.16. The average Bonchev–Trinajstić information content (AvgIpc) is 3.63. The molecule has 0 unspecified atom stereocenters. The van der Waals surface area contributed by atoms with E-state index in [1.807, 2.05) is 48.5 Å². The summed E-state index contributed by atoms with van der Waals surface area (Å²) in [6, 6.07) is 22.9. The molecule has 5 aliphatic rings. The van der Waals surface area contributed by atoms with Crippen LogP contribution in [-0.4, -0.2) is 8.75 Å². The van der Waals surface area contributed by atoms with Crippen molar-refractivity contribution < 1.29 is 8.78 Å². The molecule has 10 bridgehead atoms. The molecule has 0 saturated heterocycles. The van der Waals surface area contributed by atoms with Gasteiger partial charge in [0.1, 0.15) is 22.7 Å². The maximum atomic E-state index is 15.1. The zero-order valence-electron chi connectivity index (χ0n) is 18.2. The summed E-state index contributed by atoms with van der Waals surface area (Å²) in [5, 5.41) is 0. The molecule has 35 heavy (non-hydrogen) atoms. The van der Waals surface area contributed by atoms with Crippen LogP contribution < -0.4 is 0 Å². The van der Waals surface area contributed by atoms with Gasteiger partial charge in [-0.2, -0.15) is 8.75 Å². The van der Waals surface area contributed by atoms with Gasteiger partial charge in [-0.25, -0.2) is 8.78 Å². The number of hydrogen-bond donors (Lipinski definition) is 0. The lowest BCUT2D eigenvalue weighted by Crippen LogP contribution is -1.95. The average molecular weight is 515 g/mol. The maximum absolute atomic E-state index is 15.1. The first kappa shape index (κ1) is 21.1. The molecule has 2 nitrogen and oxygen atoms in total. The molecule has 7 heteroatoms. The molecular weight excluding hydrogens is 499 g/mol. The fourth-order valence-electron chi connectivity index (χ4n) is 4.64. The van der Waals surface area contributed by atoms with Crippen molar-refractivity contribution in [1.82, 2.24) is 8.75 Å². The van der Waals surface area contributed by atoms with Gasteiger partial charge in [0, 0.05) is 41.8 Å². The number of thiophene rings is 2. The van der Waals surface area contributed by atoms with E-state index in [-0.39, 0.29) is 11.6 Å². The van der Waals surface area contributed by atoms with E-state index in [4.69, 9.17) is 0 Å². The Morgan fingerprint density at radius 2 is 0.914 bits per heavy atom. The van der Waals surface area contributed by atoms with E-state index in [1.165, 1.54) is 11.7 Å². The van der Waals surface area contributed by atoms with Crippen LogP contribution in [0.1, 0.15) is 11.1 Å². The molecule has 0 radical (unpaired) electrons. The van der Waals surface area contributed by atoms with E-state index >= 15 is 8.78 Å². The summed E-state index contributed by atoms with van der Waals surface area (Å²) in [5.74, 6) is -0.481. The number of aromatic nitrogens is 2. The number of benzene rings is 3. The van der Waals surface area contributed by atoms with Crippen molar-refractivity contribution in [2.45, 2.75) is 12.8 Å². The Labute approximate surface area is 212 Å². The summed E-state index contributed by atoms with van der Waals surface area (Å²) in [6.07, 6.45) is 1.30. The third kappa shape index (κ3) is 3.54. The van der Waals surface area contributed by atoms with E-state index in [9.17, 15) is 0 Å². The van der Waals surface area contributed by atoms with Crippen LogP contribution in [0.15, 0.2) is 72.8 Å². The third-order valence-corrected chi connectivity index (χ3v) is 9.29. The molecule has 0 N–H and O–H groups in total. The Morgan fingerprint density at radius 1 is 0.514 bits per heavy atom. The standard InChI is InChI=1S/C28H16F2N2S3/c29-21-13-15-1-2-16-4-6-18(22(30)14-16)24-10-12-26(34-24)20-8-7-19(27-28(20)32-35-31-27)25-11-9-23(33-25)17(21)5-3-15/h3-14H,1-2H2. The van der Waals surface area contributed by atoms with Gasteiger partial charge in [0.25, 0.3) is 0 Å². The van der Waals surface area contributed by atoms with Gasteiger partial charge in [0.2, 0.25) is 0 Å². The molecule has 3 aromatic carbocycles. The number of hydrogen-bond acceptors (Lipinski definition) is 5. The molecule has 11 rings (SSSR count). The minimum Gasteiger partial charge on any atom is -0.206 e. The van der Waals surface area contributed by atoms with Crippen LogP contribution >= 0.6 is 34.4 Å². The second-order valence-corrected chi connectivity index (χ2v) is 11.3. The number of nitrogens with zero attached hydrogens (tertiary/aromatic N) is 2. The van der Waals surface area contributed by atoms with Crippen molar-refractivity contribution in [3.8, 4) is 41.8 Å². The predicted molar refractivity (Wildman–Crippen MR) is 142 cm³/mol. The highest BCUT2D eigenvalue weighted by Crippen LogP contribution is 2.43. The minimum atomic E-state index is -0.241. The van der Waals surface area contributed by atoms with Crippen LogP contribution in [0.2, 0.25) is 0 Å². The first-order valence-corrected chi connectivity index (χ1v) is 13.5. The molecule has 0 atom stereocenters. The molecule has 6 aromatic rings. The van der Waals surface area contributed by atoms with E-state index in [1.54, 1.807) is 34.8 Å². The largest absolute Gasteiger partial charge is 0.206 e. The summed E-state index contributed by atoms with van der Waals surface area (Å²) in [7, 11) is 0. The third-order valence-electron chi connectivity index (χ3n) is 6.46. The van der Waals surface area contributed by atoms with Crippen molar-refractivity contribution in [1.29, 1.82) is 0 Å². The summed E-state index contributed by atoms with van der Waals surface area (Å²) >= 11 is 4.30. The molecule has 0 spiro atoms. The smallest absolute Gasteiger partial charge is 0.132 e. The molecule has 8 heterocycles. The van der Waals surface area contributed by atoms with Crippen molar-refractivity contribution in [3.05, 3.63) is 95.6 Å². The molecule has 5 aliphatic heterocycles. The molecule has 0 amide bonds. The Bertz CT molecular complexity index is 1620. The molecule has 0 saturated carbocycles. The van der Waals surface area contributed by atoms with Crippen molar-refractivity contribution in [3.63, 3.8) is 0 Å². The molecule has 170 valence electrons. The molecular formula is C28H16F2N2S3. The van der Waals surface area contributed by atoms with Crippen LogP contribution in [0.4, 0.5) is 8.78 Å². The summed E-state index contributed by atoms with van der Waals surface area (Å²) in [4.78, 5) is 3.80. The Balaban J connectivity index is 1.46. The van der Waals surface area contributed by atoms with Gasteiger partial charge in [0.15, 0.2) is 0 Å². The first-order chi connectivity index (χ1) is 17.1. The Kier molecular flexibility index (Phi) is 4.91. The lowest BCUT2D eigenvalue weighted by Gasteiger charge is -2.08. The highest BCUT2D eigenvalue weighted by Gasteiger charge is 2.18. The van der Waals surface area contributed by atoms with Crippen LogP contribution in [0.25, 0.3) is 52.8 Å². The summed E-state index contributed by atoms with van der Waals surface area (Å²) < 4.78 is 39.4. The minimum absolute atomic E-state index is 0.241. The second-order valence-electron chi connectivity index (χ2n) is 8.58.